The Kier molecular flexibility index (Phi) is 5.49. The van der Waals surface area contributed by atoms with Gasteiger partial charge in [-0.3, -0.25) is 4.79 Å². The number of nitrogens with zero attached hydrogens (tertiary/aromatic N) is 6. The molecule has 0 aliphatic heterocycles. The third-order valence-electron chi connectivity index (χ3n) is 5.94. The van der Waals surface area contributed by atoms with Crippen molar-refractivity contribution in [3.8, 4) is 22.6 Å². The fourth-order valence-corrected chi connectivity index (χ4v) is 4.15. The van der Waals surface area contributed by atoms with E-state index in [0.717, 1.165) is 11.1 Å². The predicted octanol–water partition coefficient (Wildman–Crippen LogP) is 5.37. The molecule has 6 rings (SSSR count). The molecule has 1 N–H and O–H groups in total. The smallest absolute Gasteiger partial charge is 0.256 e. The second-order valence-electron chi connectivity index (χ2n) is 8.45. The number of fused-ring (bicyclic) bond motifs is 1. The van der Waals surface area contributed by atoms with Crippen molar-refractivity contribution in [2.24, 2.45) is 0 Å². The molecule has 0 bridgehead atoms. The highest BCUT2D eigenvalue weighted by Gasteiger charge is 2.18. The Hall–Kier alpha value is -5.18. The maximum atomic E-state index is 13.4. The van der Waals surface area contributed by atoms with Crippen LogP contribution in [-0.4, -0.2) is 35.4 Å². The molecule has 8 nitrogen and oxygen atoms in total. The van der Waals surface area contributed by atoms with Gasteiger partial charge in [-0.25, -0.2) is 19.0 Å². The molecule has 3 heterocycles. The molecule has 0 saturated heterocycles. The summed E-state index contributed by atoms with van der Waals surface area (Å²) in [5.74, 6) is 0.316. The van der Waals surface area contributed by atoms with E-state index >= 15 is 0 Å². The zero-order valence-electron chi connectivity index (χ0n) is 19.7. The molecule has 9 heteroatoms. The number of aryl methyl sites for hydroxylation is 1. The summed E-state index contributed by atoms with van der Waals surface area (Å²) in [5.41, 5.74) is 4.51. The van der Waals surface area contributed by atoms with Crippen molar-refractivity contribution in [3.63, 3.8) is 0 Å². The van der Waals surface area contributed by atoms with E-state index < -0.39 is 0 Å². The molecule has 0 unspecified atom stereocenters. The molecule has 0 spiro atoms. The lowest BCUT2D eigenvalue weighted by Gasteiger charge is -2.10. The number of aromatic nitrogens is 6. The Morgan fingerprint density at radius 2 is 1.59 bits per heavy atom. The molecule has 3 aromatic heterocycles. The topological polar surface area (TPSA) is 90.5 Å². The average Bonchev–Trinajstić information content (AvgIpc) is 3.53. The molecule has 6 aromatic rings. The number of amides is 1. The van der Waals surface area contributed by atoms with Gasteiger partial charge in [0.05, 0.1) is 23.0 Å². The first-order chi connectivity index (χ1) is 18.1. The van der Waals surface area contributed by atoms with Crippen molar-refractivity contribution in [1.82, 2.24) is 29.5 Å². The first-order valence-corrected chi connectivity index (χ1v) is 11.6. The van der Waals surface area contributed by atoms with Crippen molar-refractivity contribution in [1.29, 1.82) is 0 Å². The van der Waals surface area contributed by atoms with E-state index in [2.05, 4.69) is 25.5 Å². The van der Waals surface area contributed by atoms with Gasteiger partial charge in [0.2, 0.25) is 0 Å². The minimum absolute atomic E-state index is 0.270. The van der Waals surface area contributed by atoms with Crippen LogP contribution in [0.2, 0.25) is 0 Å². The van der Waals surface area contributed by atoms with Gasteiger partial charge in [-0.1, -0.05) is 42.5 Å². The zero-order valence-corrected chi connectivity index (χ0v) is 19.7. The van der Waals surface area contributed by atoms with E-state index in [9.17, 15) is 9.18 Å². The Morgan fingerprint density at radius 3 is 2.35 bits per heavy atom. The molecule has 0 fully saturated rings. The molecule has 0 aliphatic carbocycles. The van der Waals surface area contributed by atoms with Crippen LogP contribution in [0, 0.1) is 12.7 Å². The third kappa shape index (κ3) is 4.23. The van der Waals surface area contributed by atoms with Crippen LogP contribution < -0.4 is 5.32 Å². The molecule has 0 aliphatic rings. The van der Waals surface area contributed by atoms with Crippen LogP contribution in [0.3, 0.4) is 0 Å². The van der Waals surface area contributed by atoms with Crippen molar-refractivity contribution in [2.45, 2.75) is 6.92 Å². The Morgan fingerprint density at radius 1 is 0.865 bits per heavy atom. The standard InChI is InChI=1S/C28H20FN7O/c1-18-15-25(33-28(37)21-9-7-20(8-10-21)19-5-3-2-4-6-19)36(34-18)27-24-16-32-35(26(24)30-17-31-27)23-13-11-22(29)12-14-23/h2-17H,1H3,(H,33,37). The summed E-state index contributed by atoms with van der Waals surface area (Å²) in [5, 5.41) is 12.5. The normalized spacial score (nSPS) is 11.1. The minimum Gasteiger partial charge on any atom is -0.306 e. The number of hydrogen-bond donors (Lipinski definition) is 1. The number of rotatable bonds is 5. The number of benzene rings is 3. The summed E-state index contributed by atoms with van der Waals surface area (Å²) >= 11 is 0. The van der Waals surface area contributed by atoms with E-state index in [1.54, 1.807) is 45.9 Å². The second-order valence-corrected chi connectivity index (χ2v) is 8.45. The summed E-state index contributed by atoms with van der Waals surface area (Å²) in [7, 11) is 0. The van der Waals surface area contributed by atoms with Crippen molar-refractivity contribution < 1.29 is 9.18 Å². The summed E-state index contributed by atoms with van der Waals surface area (Å²) in [6.45, 7) is 1.83. The van der Waals surface area contributed by atoms with Gasteiger partial charge < -0.3 is 5.32 Å². The van der Waals surface area contributed by atoms with E-state index in [-0.39, 0.29) is 11.7 Å². The van der Waals surface area contributed by atoms with Crippen LogP contribution in [0.15, 0.2) is 97.5 Å². The first-order valence-electron chi connectivity index (χ1n) is 11.6. The van der Waals surface area contributed by atoms with Crippen LogP contribution in [-0.2, 0) is 0 Å². The maximum Gasteiger partial charge on any atom is 0.256 e. The quantitative estimate of drug-likeness (QED) is 0.352. The molecule has 37 heavy (non-hydrogen) atoms. The number of carbonyl (C=O) groups excluding carboxylic acids is 1. The molecular weight excluding hydrogens is 469 g/mol. The Labute approximate surface area is 211 Å². The van der Waals surface area contributed by atoms with Gasteiger partial charge in [0.25, 0.3) is 5.91 Å². The van der Waals surface area contributed by atoms with Crippen LogP contribution in [0.25, 0.3) is 33.7 Å². The molecule has 180 valence electrons. The largest absolute Gasteiger partial charge is 0.306 e. The molecule has 0 saturated carbocycles. The minimum atomic E-state index is -0.336. The van der Waals surface area contributed by atoms with Crippen molar-refractivity contribution in [2.75, 3.05) is 5.32 Å². The van der Waals surface area contributed by atoms with Gasteiger partial charge >= 0.3 is 0 Å². The first kappa shape index (κ1) is 22.3. The molecule has 1 amide bonds. The number of anilines is 1. The lowest BCUT2D eigenvalue weighted by atomic mass is 10.0. The van der Waals surface area contributed by atoms with E-state index in [1.165, 1.54) is 18.5 Å². The number of hydrogen-bond acceptors (Lipinski definition) is 5. The Bertz CT molecular complexity index is 1720. The average molecular weight is 490 g/mol. The zero-order chi connectivity index (χ0) is 25.4. The van der Waals surface area contributed by atoms with Gasteiger partial charge in [-0.15, -0.1) is 0 Å². The molecular formula is C28H20FN7O. The lowest BCUT2D eigenvalue weighted by molar-refractivity contribution is 0.102. The van der Waals surface area contributed by atoms with Crippen LogP contribution in [0.1, 0.15) is 16.1 Å². The van der Waals surface area contributed by atoms with Crippen molar-refractivity contribution >= 4 is 22.8 Å². The summed E-state index contributed by atoms with van der Waals surface area (Å²) < 4.78 is 16.6. The van der Waals surface area contributed by atoms with Gasteiger partial charge in [0.15, 0.2) is 11.5 Å². The van der Waals surface area contributed by atoms with Gasteiger partial charge in [-0.2, -0.15) is 14.9 Å². The predicted molar refractivity (Wildman–Crippen MR) is 138 cm³/mol. The highest BCUT2D eigenvalue weighted by atomic mass is 19.1. The van der Waals surface area contributed by atoms with Crippen LogP contribution in [0.4, 0.5) is 10.2 Å². The SMILES string of the molecule is Cc1cc(NC(=O)c2ccc(-c3ccccc3)cc2)n(-c2ncnc3c2cnn3-c2ccc(F)cc2)n1. The van der Waals surface area contributed by atoms with Crippen molar-refractivity contribution in [3.05, 3.63) is 115 Å². The molecule has 0 radical (unpaired) electrons. The number of halogens is 1. The van der Waals surface area contributed by atoms with E-state index in [1.807, 2.05) is 49.4 Å². The molecule has 0 atom stereocenters. The summed E-state index contributed by atoms with van der Waals surface area (Å²) in [6, 6.07) is 25.1. The summed E-state index contributed by atoms with van der Waals surface area (Å²) in [4.78, 5) is 21.9. The van der Waals surface area contributed by atoms with Crippen LogP contribution >= 0.6 is 0 Å². The van der Waals surface area contributed by atoms with E-state index in [0.29, 0.717) is 39.6 Å². The van der Waals surface area contributed by atoms with E-state index in [4.69, 9.17) is 0 Å². The van der Waals surface area contributed by atoms with Crippen LogP contribution in [0.5, 0.6) is 0 Å². The van der Waals surface area contributed by atoms with Gasteiger partial charge in [0, 0.05) is 11.6 Å². The fraction of sp³-hybridized carbons (Fsp3) is 0.0357. The highest BCUT2D eigenvalue weighted by Crippen LogP contribution is 2.25. The summed E-state index contributed by atoms with van der Waals surface area (Å²) in [6.07, 6.45) is 3.03. The maximum absolute atomic E-state index is 13.4. The highest BCUT2D eigenvalue weighted by molar-refractivity contribution is 6.04. The lowest BCUT2D eigenvalue weighted by Crippen LogP contribution is -2.15. The number of nitrogens with one attached hydrogen (secondary N) is 1. The van der Waals surface area contributed by atoms with Gasteiger partial charge in [-0.05, 0) is 54.4 Å². The monoisotopic (exact) mass is 489 g/mol. The second kappa shape index (κ2) is 9.12. The fourth-order valence-electron chi connectivity index (χ4n) is 4.15. The third-order valence-corrected chi connectivity index (χ3v) is 5.94. The molecule has 3 aromatic carbocycles. The number of carbonyl (C=O) groups is 1. The van der Waals surface area contributed by atoms with Gasteiger partial charge in [0.1, 0.15) is 18.0 Å². The Balaban J connectivity index is 1.32.